The maximum absolute atomic E-state index is 12.3. The highest BCUT2D eigenvalue weighted by Gasteiger charge is 2.30. The lowest BCUT2D eigenvalue weighted by Crippen LogP contribution is -2.47. The van der Waals surface area contributed by atoms with Crippen molar-refractivity contribution in [1.29, 1.82) is 0 Å². The van der Waals surface area contributed by atoms with Crippen LogP contribution in [-0.2, 0) is 20.4 Å². The van der Waals surface area contributed by atoms with E-state index < -0.39 is 10.8 Å². The van der Waals surface area contributed by atoms with Gasteiger partial charge in [0.2, 0.25) is 11.8 Å². The largest absolute Gasteiger partial charge is 0.343 e. The minimum absolute atomic E-state index is 0.0483. The van der Waals surface area contributed by atoms with Crippen LogP contribution in [0.5, 0.6) is 0 Å². The Hall–Kier alpha value is -0.910. The smallest absolute Gasteiger partial charge is 0.225 e. The van der Waals surface area contributed by atoms with Crippen molar-refractivity contribution in [3.05, 3.63) is 0 Å². The SMILES string of the molecule is CC(=O)N1CCC(C(=O)N2CCS(=O)CC2)CC1. The molecule has 2 fully saturated rings. The number of carbonyl (C=O) groups is 2. The molecular weight excluding hydrogens is 252 g/mol. The van der Waals surface area contributed by atoms with Crippen molar-refractivity contribution < 1.29 is 13.8 Å². The first-order valence-electron chi connectivity index (χ1n) is 6.47. The van der Waals surface area contributed by atoms with Crippen molar-refractivity contribution in [1.82, 2.24) is 9.80 Å². The molecule has 0 aromatic heterocycles. The van der Waals surface area contributed by atoms with Gasteiger partial charge in [-0.05, 0) is 12.8 Å². The van der Waals surface area contributed by atoms with Gasteiger partial charge >= 0.3 is 0 Å². The molecule has 6 heteroatoms. The normalized spacial score (nSPS) is 23.2. The number of rotatable bonds is 1. The molecule has 0 saturated carbocycles. The summed E-state index contributed by atoms with van der Waals surface area (Å²) >= 11 is 0. The fourth-order valence-electron chi connectivity index (χ4n) is 2.56. The lowest BCUT2D eigenvalue weighted by Gasteiger charge is -2.35. The van der Waals surface area contributed by atoms with E-state index in [-0.39, 0.29) is 17.7 Å². The zero-order valence-corrected chi connectivity index (χ0v) is 11.6. The van der Waals surface area contributed by atoms with Gasteiger partial charge in [0, 0.05) is 61.3 Å². The van der Waals surface area contributed by atoms with Crippen LogP contribution in [-0.4, -0.2) is 63.5 Å². The maximum Gasteiger partial charge on any atom is 0.225 e. The number of nitrogens with zero attached hydrogens (tertiary/aromatic N) is 2. The molecule has 0 aliphatic carbocycles. The summed E-state index contributed by atoms with van der Waals surface area (Å²) in [5.41, 5.74) is 0. The third-order valence-corrected chi connectivity index (χ3v) is 5.05. The van der Waals surface area contributed by atoms with Crippen LogP contribution in [0.1, 0.15) is 19.8 Å². The zero-order valence-electron chi connectivity index (χ0n) is 10.8. The third kappa shape index (κ3) is 3.10. The summed E-state index contributed by atoms with van der Waals surface area (Å²) in [7, 11) is -0.741. The van der Waals surface area contributed by atoms with Gasteiger partial charge in [0.1, 0.15) is 0 Å². The molecule has 0 spiro atoms. The second-order valence-corrected chi connectivity index (χ2v) is 6.65. The van der Waals surface area contributed by atoms with Crippen LogP contribution in [0.2, 0.25) is 0 Å². The Morgan fingerprint density at radius 2 is 1.56 bits per heavy atom. The summed E-state index contributed by atoms with van der Waals surface area (Å²) in [6.07, 6.45) is 1.52. The van der Waals surface area contributed by atoms with E-state index in [0.29, 0.717) is 37.7 Å². The molecule has 2 rings (SSSR count). The fraction of sp³-hybridized carbons (Fsp3) is 0.833. The Morgan fingerprint density at radius 1 is 1.00 bits per heavy atom. The first-order chi connectivity index (χ1) is 8.58. The minimum Gasteiger partial charge on any atom is -0.343 e. The van der Waals surface area contributed by atoms with Crippen LogP contribution in [0.15, 0.2) is 0 Å². The molecule has 102 valence electrons. The Bertz CT molecular complexity index is 354. The monoisotopic (exact) mass is 272 g/mol. The van der Waals surface area contributed by atoms with Crippen molar-refractivity contribution in [2.24, 2.45) is 5.92 Å². The van der Waals surface area contributed by atoms with Crippen molar-refractivity contribution in [2.45, 2.75) is 19.8 Å². The van der Waals surface area contributed by atoms with Gasteiger partial charge in [0.25, 0.3) is 0 Å². The van der Waals surface area contributed by atoms with Gasteiger partial charge in [-0.2, -0.15) is 0 Å². The molecule has 2 saturated heterocycles. The number of carbonyl (C=O) groups excluding carboxylic acids is 2. The molecule has 0 atom stereocenters. The van der Waals surface area contributed by atoms with E-state index in [1.54, 1.807) is 11.8 Å². The second-order valence-electron chi connectivity index (χ2n) is 4.95. The summed E-state index contributed by atoms with van der Waals surface area (Å²) in [5, 5.41) is 0. The molecule has 0 unspecified atom stereocenters. The molecule has 2 amide bonds. The second kappa shape index (κ2) is 5.82. The van der Waals surface area contributed by atoms with E-state index in [9.17, 15) is 13.8 Å². The molecular formula is C12H20N2O3S. The molecule has 2 aliphatic rings. The predicted molar refractivity (Wildman–Crippen MR) is 69.4 cm³/mol. The molecule has 0 radical (unpaired) electrons. The Balaban J connectivity index is 1.84. The van der Waals surface area contributed by atoms with Crippen molar-refractivity contribution >= 4 is 22.6 Å². The quantitative estimate of drug-likeness (QED) is 0.666. The van der Waals surface area contributed by atoms with Gasteiger partial charge in [0.15, 0.2) is 0 Å². The van der Waals surface area contributed by atoms with E-state index >= 15 is 0 Å². The average Bonchev–Trinajstić information content (AvgIpc) is 2.39. The summed E-state index contributed by atoms with van der Waals surface area (Å²) in [5.74, 6) is 1.55. The Kier molecular flexibility index (Phi) is 4.37. The van der Waals surface area contributed by atoms with Crippen LogP contribution in [0.25, 0.3) is 0 Å². The summed E-state index contributed by atoms with van der Waals surface area (Å²) in [6.45, 7) is 4.19. The van der Waals surface area contributed by atoms with Crippen LogP contribution < -0.4 is 0 Å². The number of piperidine rings is 1. The van der Waals surface area contributed by atoms with Gasteiger partial charge in [0.05, 0.1) is 0 Å². The molecule has 5 nitrogen and oxygen atoms in total. The lowest BCUT2D eigenvalue weighted by molar-refractivity contribution is -0.139. The van der Waals surface area contributed by atoms with Crippen molar-refractivity contribution in [3.63, 3.8) is 0 Å². The highest BCUT2D eigenvalue weighted by atomic mass is 32.2. The molecule has 0 N–H and O–H groups in total. The number of hydrogen-bond acceptors (Lipinski definition) is 3. The van der Waals surface area contributed by atoms with E-state index in [0.717, 1.165) is 12.8 Å². The zero-order chi connectivity index (χ0) is 13.1. The highest BCUT2D eigenvalue weighted by Crippen LogP contribution is 2.20. The first-order valence-corrected chi connectivity index (χ1v) is 7.96. The molecule has 0 aromatic rings. The van der Waals surface area contributed by atoms with E-state index in [1.807, 2.05) is 4.90 Å². The molecule has 2 aliphatic heterocycles. The topological polar surface area (TPSA) is 57.7 Å². The van der Waals surface area contributed by atoms with Crippen LogP contribution in [0.3, 0.4) is 0 Å². The molecule has 0 aromatic carbocycles. The molecule has 0 bridgehead atoms. The number of amides is 2. The molecule has 2 heterocycles. The summed E-state index contributed by atoms with van der Waals surface area (Å²) in [6, 6.07) is 0. The number of likely N-dealkylation sites (tertiary alicyclic amines) is 1. The van der Waals surface area contributed by atoms with Crippen LogP contribution in [0.4, 0.5) is 0 Å². The van der Waals surface area contributed by atoms with Crippen LogP contribution in [0, 0.1) is 5.92 Å². The third-order valence-electron chi connectivity index (χ3n) is 3.78. The highest BCUT2D eigenvalue weighted by molar-refractivity contribution is 7.85. The van der Waals surface area contributed by atoms with E-state index in [1.165, 1.54) is 0 Å². The minimum atomic E-state index is -0.741. The van der Waals surface area contributed by atoms with E-state index in [2.05, 4.69) is 0 Å². The van der Waals surface area contributed by atoms with Gasteiger partial charge in [-0.25, -0.2) is 0 Å². The Labute approximate surface area is 110 Å². The summed E-state index contributed by atoms with van der Waals surface area (Å²) < 4.78 is 11.3. The molecule has 18 heavy (non-hydrogen) atoms. The standard InChI is InChI=1S/C12H20N2O3S/c1-10(15)13-4-2-11(3-5-13)12(16)14-6-8-18(17)9-7-14/h11H,2-9H2,1H3. The number of hydrogen-bond donors (Lipinski definition) is 0. The predicted octanol–water partition coefficient (Wildman–Crippen LogP) is -0.164. The average molecular weight is 272 g/mol. The van der Waals surface area contributed by atoms with Crippen LogP contribution >= 0.6 is 0 Å². The van der Waals surface area contributed by atoms with Gasteiger partial charge in [-0.15, -0.1) is 0 Å². The maximum atomic E-state index is 12.3. The van der Waals surface area contributed by atoms with E-state index in [4.69, 9.17) is 0 Å². The Morgan fingerprint density at radius 3 is 2.06 bits per heavy atom. The summed E-state index contributed by atoms with van der Waals surface area (Å²) in [4.78, 5) is 27.1. The van der Waals surface area contributed by atoms with Gasteiger partial charge in [-0.3, -0.25) is 13.8 Å². The first kappa shape index (κ1) is 13.5. The fourth-order valence-corrected chi connectivity index (χ4v) is 3.61. The van der Waals surface area contributed by atoms with Crippen molar-refractivity contribution in [3.8, 4) is 0 Å². The van der Waals surface area contributed by atoms with Gasteiger partial charge < -0.3 is 9.80 Å². The lowest BCUT2D eigenvalue weighted by atomic mass is 9.95. The van der Waals surface area contributed by atoms with Gasteiger partial charge in [-0.1, -0.05) is 0 Å². The van der Waals surface area contributed by atoms with Crippen molar-refractivity contribution in [2.75, 3.05) is 37.7 Å².